The zero-order chi connectivity index (χ0) is 23.0. The highest BCUT2D eigenvalue weighted by atomic mass is 32.2. The molecule has 7 heteroatoms. The number of para-hydroxylation sites is 1. The predicted octanol–water partition coefficient (Wildman–Crippen LogP) is 4.31. The van der Waals surface area contributed by atoms with Gasteiger partial charge in [-0.15, -0.1) is 0 Å². The van der Waals surface area contributed by atoms with Crippen molar-refractivity contribution in [2.24, 2.45) is 0 Å². The zero-order valence-corrected chi connectivity index (χ0v) is 19.1. The molecule has 0 aliphatic heterocycles. The molecule has 0 aromatic heterocycles. The van der Waals surface area contributed by atoms with Gasteiger partial charge in [-0.3, -0.25) is 9.52 Å². The second-order valence-electron chi connectivity index (χ2n) is 7.68. The molecule has 3 rings (SSSR count). The van der Waals surface area contributed by atoms with Gasteiger partial charge in [0.05, 0.1) is 4.90 Å². The van der Waals surface area contributed by atoms with E-state index in [1.54, 1.807) is 37.3 Å². The molecule has 32 heavy (non-hydrogen) atoms. The molecule has 0 aliphatic carbocycles. The summed E-state index contributed by atoms with van der Waals surface area (Å²) in [6, 6.07) is 23.4. The molecule has 1 amide bonds. The van der Waals surface area contributed by atoms with Gasteiger partial charge < -0.3 is 10.1 Å². The first kappa shape index (κ1) is 23.3. The van der Waals surface area contributed by atoms with Crippen molar-refractivity contribution < 1.29 is 17.9 Å². The Morgan fingerprint density at radius 3 is 2.28 bits per heavy atom. The maximum atomic E-state index is 12.6. The van der Waals surface area contributed by atoms with Crippen molar-refractivity contribution in [3.8, 4) is 5.75 Å². The average molecular weight is 453 g/mol. The number of rotatable bonds is 10. The largest absolute Gasteiger partial charge is 0.484 e. The number of nitrogens with one attached hydrogen (secondary N) is 2. The number of benzene rings is 3. The number of carbonyl (C=O) groups excluding carboxylic acids is 1. The second kappa shape index (κ2) is 10.8. The van der Waals surface area contributed by atoms with Gasteiger partial charge in [0, 0.05) is 11.7 Å². The lowest BCUT2D eigenvalue weighted by Gasteiger charge is -2.15. The van der Waals surface area contributed by atoms with E-state index in [-0.39, 0.29) is 23.5 Å². The number of hydrogen-bond donors (Lipinski definition) is 2. The van der Waals surface area contributed by atoms with Crippen LogP contribution in [0, 0.1) is 6.92 Å². The summed E-state index contributed by atoms with van der Waals surface area (Å²) in [4.78, 5) is 12.4. The van der Waals surface area contributed by atoms with Crippen LogP contribution in [0.15, 0.2) is 83.8 Å². The first-order valence-corrected chi connectivity index (χ1v) is 12.0. The monoisotopic (exact) mass is 452 g/mol. The highest BCUT2D eigenvalue weighted by Crippen LogP contribution is 2.23. The Kier molecular flexibility index (Phi) is 7.89. The number of carbonyl (C=O) groups is 1. The molecule has 0 heterocycles. The Morgan fingerprint density at radius 1 is 0.969 bits per heavy atom. The van der Waals surface area contributed by atoms with Crippen LogP contribution in [0.4, 0.5) is 5.69 Å². The molecular formula is C25H28N2O4S. The summed E-state index contributed by atoms with van der Waals surface area (Å²) in [5.41, 5.74) is 2.35. The Morgan fingerprint density at radius 2 is 1.62 bits per heavy atom. The molecule has 3 aromatic rings. The summed E-state index contributed by atoms with van der Waals surface area (Å²) in [5.74, 6) is 0.253. The third-order valence-electron chi connectivity index (χ3n) is 4.96. The summed E-state index contributed by atoms with van der Waals surface area (Å²) < 4.78 is 33.4. The molecule has 1 atom stereocenters. The minimum atomic E-state index is -3.71. The van der Waals surface area contributed by atoms with E-state index in [1.807, 2.05) is 31.2 Å². The van der Waals surface area contributed by atoms with Crippen LogP contribution >= 0.6 is 0 Å². The van der Waals surface area contributed by atoms with E-state index in [1.165, 1.54) is 17.7 Å². The molecule has 0 bridgehead atoms. The van der Waals surface area contributed by atoms with Crippen molar-refractivity contribution >= 4 is 21.6 Å². The van der Waals surface area contributed by atoms with Crippen molar-refractivity contribution in [3.63, 3.8) is 0 Å². The quantitative estimate of drug-likeness (QED) is 0.480. The van der Waals surface area contributed by atoms with E-state index in [0.29, 0.717) is 17.0 Å². The van der Waals surface area contributed by atoms with E-state index >= 15 is 0 Å². The summed E-state index contributed by atoms with van der Waals surface area (Å²) in [6.07, 6.45) is 1.71. The number of sulfonamides is 1. The molecular weight excluding hydrogens is 424 g/mol. The van der Waals surface area contributed by atoms with Gasteiger partial charge in [-0.25, -0.2) is 8.42 Å². The van der Waals surface area contributed by atoms with Gasteiger partial charge in [0.2, 0.25) is 0 Å². The lowest BCUT2D eigenvalue weighted by molar-refractivity contribution is -0.123. The normalized spacial score (nSPS) is 12.1. The van der Waals surface area contributed by atoms with Gasteiger partial charge >= 0.3 is 0 Å². The summed E-state index contributed by atoms with van der Waals surface area (Å²) in [6.45, 7) is 3.58. The fourth-order valence-electron chi connectivity index (χ4n) is 3.23. The number of ether oxygens (including phenoxy) is 1. The molecule has 0 aliphatic rings. The van der Waals surface area contributed by atoms with Gasteiger partial charge in [0.25, 0.3) is 15.9 Å². The van der Waals surface area contributed by atoms with Crippen molar-refractivity contribution in [1.29, 1.82) is 0 Å². The van der Waals surface area contributed by atoms with Gasteiger partial charge in [0.15, 0.2) is 6.61 Å². The SMILES string of the molecule is Cc1cc(S(=O)(=O)Nc2ccccc2)ccc1OCC(=O)NC(C)CCc1ccccc1. The lowest BCUT2D eigenvalue weighted by atomic mass is 10.1. The standard InChI is InChI=1S/C25H28N2O4S/c1-19-17-23(32(29,30)27-22-11-7-4-8-12-22)15-16-24(19)31-18-25(28)26-20(2)13-14-21-9-5-3-6-10-21/h3-12,15-17,20,27H,13-14,18H2,1-2H3,(H,26,28). The summed E-state index contributed by atoms with van der Waals surface area (Å²) in [7, 11) is -3.71. The van der Waals surface area contributed by atoms with Crippen molar-refractivity contribution in [2.45, 2.75) is 37.6 Å². The minimum Gasteiger partial charge on any atom is -0.484 e. The number of anilines is 1. The van der Waals surface area contributed by atoms with E-state index < -0.39 is 10.0 Å². The van der Waals surface area contributed by atoms with E-state index in [9.17, 15) is 13.2 Å². The molecule has 2 N–H and O–H groups in total. The molecule has 0 saturated carbocycles. The van der Waals surface area contributed by atoms with Crippen molar-refractivity contribution in [2.75, 3.05) is 11.3 Å². The third kappa shape index (κ3) is 6.85. The zero-order valence-electron chi connectivity index (χ0n) is 18.2. The molecule has 1 unspecified atom stereocenters. The van der Waals surface area contributed by atoms with Gasteiger partial charge in [-0.2, -0.15) is 0 Å². The maximum absolute atomic E-state index is 12.6. The van der Waals surface area contributed by atoms with Crippen LogP contribution in [0.1, 0.15) is 24.5 Å². The molecule has 0 saturated heterocycles. The Bertz CT molecular complexity index is 1130. The van der Waals surface area contributed by atoms with E-state index in [2.05, 4.69) is 22.2 Å². The first-order valence-electron chi connectivity index (χ1n) is 10.5. The topological polar surface area (TPSA) is 84.5 Å². The highest BCUT2D eigenvalue weighted by Gasteiger charge is 2.16. The van der Waals surface area contributed by atoms with Crippen molar-refractivity contribution in [3.05, 3.63) is 90.0 Å². The molecule has 0 fully saturated rings. The molecule has 168 valence electrons. The van der Waals surface area contributed by atoms with Crippen LogP contribution < -0.4 is 14.8 Å². The van der Waals surface area contributed by atoms with Crippen LogP contribution in [0.3, 0.4) is 0 Å². The molecule has 0 spiro atoms. The average Bonchev–Trinajstić information content (AvgIpc) is 2.78. The fourth-order valence-corrected chi connectivity index (χ4v) is 4.37. The van der Waals surface area contributed by atoms with Crippen LogP contribution in [0.2, 0.25) is 0 Å². The smallest absolute Gasteiger partial charge is 0.261 e. The second-order valence-corrected chi connectivity index (χ2v) is 9.36. The number of amides is 1. The number of aryl methyl sites for hydroxylation is 2. The maximum Gasteiger partial charge on any atom is 0.261 e. The van der Waals surface area contributed by atoms with Crippen LogP contribution in [-0.4, -0.2) is 27.0 Å². The molecule has 0 radical (unpaired) electrons. The number of hydrogen-bond acceptors (Lipinski definition) is 4. The molecule has 3 aromatic carbocycles. The molecule has 6 nitrogen and oxygen atoms in total. The van der Waals surface area contributed by atoms with Gasteiger partial charge in [-0.1, -0.05) is 48.5 Å². The Balaban J connectivity index is 1.51. The van der Waals surface area contributed by atoms with Gasteiger partial charge in [-0.05, 0) is 68.1 Å². The third-order valence-corrected chi connectivity index (χ3v) is 6.34. The predicted molar refractivity (Wildman–Crippen MR) is 126 cm³/mol. The first-order chi connectivity index (χ1) is 15.3. The Labute approximate surface area is 189 Å². The van der Waals surface area contributed by atoms with Crippen LogP contribution in [0.5, 0.6) is 5.75 Å². The fraction of sp³-hybridized carbons (Fsp3) is 0.240. The lowest BCUT2D eigenvalue weighted by Crippen LogP contribution is -2.36. The highest BCUT2D eigenvalue weighted by molar-refractivity contribution is 7.92. The van der Waals surface area contributed by atoms with E-state index in [0.717, 1.165) is 12.8 Å². The van der Waals surface area contributed by atoms with Crippen LogP contribution in [-0.2, 0) is 21.2 Å². The summed E-state index contributed by atoms with van der Waals surface area (Å²) >= 11 is 0. The van der Waals surface area contributed by atoms with Crippen LogP contribution in [0.25, 0.3) is 0 Å². The van der Waals surface area contributed by atoms with Crippen molar-refractivity contribution in [1.82, 2.24) is 5.32 Å². The minimum absolute atomic E-state index is 0.0176. The Hall–Kier alpha value is -3.32. The van der Waals surface area contributed by atoms with E-state index in [4.69, 9.17) is 4.74 Å². The summed E-state index contributed by atoms with van der Waals surface area (Å²) in [5, 5.41) is 2.93. The van der Waals surface area contributed by atoms with Gasteiger partial charge in [0.1, 0.15) is 5.75 Å².